The van der Waals surface area contributed by atoms with Gasteiger partial charge in [-0.15, -0.1) is 0 Å². The van der Waals surface area contributed by atoms with E-state index < -0.39 is 0 Å². The molecule has 1 saturated heterocycles. The van der Waals surface area contributed by atoms with Gasteiger partial charge in [-0.25, -0.2) is 0 Å². The fraction of sp³-hybridized carbons (Fsp3) is 0.227. The lowest BCUT2D eigenvalue weighted by Gasteiger charge is -2.11. The molecule has 0 unspecified atom stereocenters. The highest BCUT2D eigenvalue weighted by atomic mass is 32.2. The van der Waals surface area contributed by atoms with E-state index in [9.17, 15) is 14.9 Å². The molecule has 1 aliphatic heterocycles. The second-order valence-electron chi connectivity index (χ2n) is 6.28. The van der Waals surface area contributed by atoms with Crippen LogP contribution in [0.5, 0.6) is 5.75 Å². The maximum Gasteiger partial charge on any atom is 0.293 e. The standard InChI is InChI=1S/C22H20N2O3S/c1-2-3-12-24-21(25)20(28-22(24)26)13-16-8-6-7-11-19(16)27-15-18-10-5-4-9-17(18)14-23/h4-11,13H,2-3,12,15H2,1H3/b20-13-. The van der Waals surface area contributed by atoms with Crippen molar-refractivity contribution in [3.63, 3.8) is 0 Å². The number of unbranched alkanes of at least 4 members (excludes halogenated alkanes) is 1. The summed E-state index contributed by atoms with van der Waals surface area (Å²) in [4.78, 5) is 26.4. The van der Waals surface area contributed by atoms with Gasteiger partial charge in [-0.05, 0) is 36.4 Å². The molecule has 1 aliphatic rings. The van der Waals surface area contributed by atoms with Gasteiger partial charge in [0.25, 0.3) is 11.1 Å². The van der Waals surface area contributed by atoms with Crippen molar-refractivity contribution in [3.05, 3.63) is 70.1 Å². The van der Waals surface area contributed by atoms with Crippen molar-refractivity contribution < 1.29 is 14.3 Å². The lowest BCUT2D eigenvalue weighted by molar-refractivity contribution is -0.122. The number of para-hydroxylation sites is 1. The van der Waals surface area contributed by atoms with E-state index in [-0.39, 0.29) is 17.8 Å². The van der Waals surface area contributed by atoms with Gasteiger partial charge >= 0.3 is 0 Å². The Morgan fingerprint density at radius 3 is 2.68 bits per heavy atom. The molecule has 0 bridgehead atoms. The van der Waals surface area contributed by atoms with Gasteiger partial charge in [0.2, 0.25) is 0 Å². The summed E-state index contributed by atoms with van der Waals surface area (Å²) in [6.07, 6.45) is 3.41. The van der Waals surface area contributed by atoms with Gasteiger partial charge in [0, 0.05) is 17.7 Å². The smallest absolute Gasteiger partial charge is 0.293 e. The fourth-order valence-corrected chi connectivity index (χ4v) is 3.65. The van der Waals surface area contributed by atoms with Crippen LogP contribution in [-0.4, -0.2) is 22.6 Å². The van der Waals surface area contributed by atoms with Crippen LogP contribution in [0.4, 0.5) is 4.79 Å². The first kappa shape index (κ1) is 19.7. The Morgan fingerprint density at radius 1 is 1.14 bits per heavy atom. The number of nitrogens with zero attached hydrogens (tertiary/aromatic N) is 2. The number of benzene rings is 2. The molecule has 142 valence electrons. The largest absolute Gasteiger partial charge is 0.488 e. The SMILES string of the molecule is CCCCN1C(=O)S/C(=C\c2ccccc2OCc2ccccc2C#N)C1=O. The van der Waals surface area contributed by atoms with Crippen LogP contribution >= 0.6 is 11.8 Å². The number of nitriles is 1. The number of carbonyl (C=O) groups excluding carboxylic acids is 2. The molecular weight excluding hydrogens is 372 g/mol. The molecule has 2 aromatic rings. The minimum absolute atomic E-state index is 0.231. The maximum absolute atomic E-state index is 12.5. The van der Waals surface area contributed by atoms with Gasteiger partial charge < -0.3 is 4.74 Å². The third-order valence-corrected chi connectivity index (χ3v) is 5.24. The van der Waals surface area contributed by atoms with E-state index in [1.165, 1.54) is 4.90 Å². The van der Waals surface area contributed by atoms with E-state index in [1.807, 2.05) is 49.4 Å². The second-order valence-corrected chi connectivity index (χ2v) is 7.28. The van der Waals surface area contributed by atoms with Crippen molar-refractivity contribution >= 4 is 29.0 Å². The molecule has 0 aromatic heterocycles. The van der Waals surface area contributed by atoms with E-state index in [1.54, 1.807) is 12.1 Å². The number of imide groups is 1. The van der Waals surface area contributed by atoms with E-state index >= 15 is 0 Å². The minimum atomic E-state index is -0.256. The van der Waals surface area contributed by atoms with Gasteiger partial charge in [-0.2, -0.15) is 5.26 Å². The van der Waals surface area contributed by atoms with Crippen molar-refractivity contribution in [1.29, 1.82) is 5.26 Å². The van der Waals surface area contributed by atoms with E-state index in [4.69, 9.17) is 4.74 Å². The van der Waals surface area contributed by atoms with Crippen molar-refractivity contribution in [2.75, 3.05) is 6.54 Å². The monoisotopic (exact) mass is 392 g/mol. The van der Waals surface area contributed by atoms with Crippen LogP contribution in [-0.2, 0) is 11.4 Å². The van der Waals surface area contributed by atoms with Crippen molar-refractivity contribution in [1.82, 2.24) is 4.90 Å². The summed E-state index contributed by atoms with van der Waals surface area (Å²) in [5.41, 5.74) is 2.08. The van der Waals surface area contributed by atoms with Gasteiger partial charge in [-0.1, -0.05) is 49.7 Å². The highest BCUT2D eigenvalue weighted by molar-refractivity contribution is 8.18. The van der Waals surface area contributed by atoms with Crippen LogP contribution in [0.15, 0.2) is 53.4 Å². The Labute approximate surface area is 168 Å². The third kappa shape index (κ3) is 4.44. The molecule has 0 radical (unpaired) electrons. The number of hydrogen-bond acceptors (Lipinski definition) is 5. The first-order valence-electron chi connectivity index (χ1n) is 9.09. The maximum atomic E-state index is 12.5. The molecule has 6 heteroatoms. The second kappa shape index (κ2) is 9.25. The van der Waals surface area contributed by atoms with Crippen LogP contribution in [0.1, 0.15) is 36.5 Å². The predicted molar refractivity (Wildman–Crippen MR) is 110 cm³/mol. The molecular formula is C22H20N2O3S. The van der Waals surface area contributed by atoms with Crippen LogP contribution in [0.25, 0.3) is 6.08 Å². The summed E-state index contributed by atoms with van der Waals surface area (Å²) in [6.45, 7) is 2.71. The van der Waals surface area contributed by atoms with Gasteiger partial charge in [-0.3, -0.25) is 14.5 Å². The summed E-state index contributed by atoms with van der Waals surface area (Å²) in [6, 6.07) is 16.8. The molecule has 5 nitrogen and oxygen atoms in total. The quantitative estimate of drug-likeness (QED) is 0.622. The van der Waals surface area contributed by atoms with Crippen LogP contribution in [0.2, 0.25) is 0 Å². The molecule has 2 amide bonds. The van der Waals surface area contributed by atoms with Gasteiger partial charge in [0.15, 0.2) is 0 Å². The van der Waals surface area contributed by atoms with Crippen molar-refractivity contribution in [2.45, 2.75) is 26.4 Å². The molecule has 0 aliphatic carbocycles. The molecule has 0 atom stereocenters. The molecule has 0 spiro atoms. The zero-order valence-electron chi connectivity index (χ0n) is 15.6. The summed E-state index contributed by atoms with van der Waals surface area (Å²) >= 11 is 0.956. The Balaban J connectivity index is 1.79. The molecule has 28 heavy (non-hydrogen) atoms. The van der Waals surface area contributed by atoms with Crippen LogP contribution < -0.4 is 4.74 Å². The van der Waals surface area contributed by atoms with Crippen LogP contribution in [0.3, 0.4) is 0 Å². The Morgan fingerprint density at radius 2 is 1.89 bits per heavy atom. The Bertz CT molecular complexity index is 962. The van der Waals surface area contributed by atoms with Crippen molar-refractivity contribution in [3.8, 4) is 11.8 Å². The number of thioether (sulfide) groups is 1. The zero-order valence-corrected chi connectivity index (χ0v) is 16.4. The molecule has 3 rings (SSSR count). The number of amides is 2. The predicted octanol–water partition coefficient (Wildman–Crippen LogP) is 4.97. The molecule has 0 saturated carbocycles. The lowest BCUT2D eigenvalue weighted by Crippen LogP contribution is -2.29. The molecule has 2 aromatic carbocycles. The first-order valence-corrected chi connectivity index (χ1v) is 9.91. The third-order valence-electron chi connectivity index (χ3n) is 4.34. The number of ether oxygens (including phenoxy) is 1. The zero-order chi connectivity index (χ0) is 19.9. The number of hydrogen-bond donors (Lipinski definition) is 0. The normalized spacial score (nSPS) is 15.1. The highest BCUT2D eigenvalue weighted by Gasteiger charge is 2.34. The van der Waals surface area contributed by atoms with Crippen LogP contribution in [0, 0.1) is 11.3 Å². The average Bonchev–Trinajstić information content (AvgIpc) is 2.98. The first-order chi connectivity index (χ1) is 13.6. The van der Waals surface area contributed by atoms with E-state index in [0.717, 1.165) is 35.7 Å². The molecule has 0 N–H and O–H groups in total. The Kier molecular flexibility index (Phi) is 6.51. The van der Waals surface area contributed by atoms with Gasteiger partial charge in [0.05, 0.1) is 16.5 Å². The topological polar surface area (TPSA) is 70.4 Å². The summed E-state index contributed by atoms with van der Waals surface area (Å²) in [5.74, 6) is 0.337. The highest BCUT2D eigenvalue weighted by Crippen LogP contribution is 2.34. The van der Waals surface area contributed by atoms with Gasteiger partial charge in [0.1, 0.15) is 12.4 Å². The molecule has 1 fully saturated rings. The van der Waals surface area contributed by atoms with E-state index in [2.05, 4.69) is 6.07 Å². The van der Waals surface area contributed by atoms with E-state index in [0.29, 0.717) is 22.8 Å². The number of rotatable bonds is 7. The summed E-state index contributed by atoms with van der Waals surface area (Å²) < 4.78 is 5.92. The minimum Gasteiger partial charge on any atom is -0.488 e. The average molecular weight is 392 g/mol. The fourth-order valence-electron chi connectivity index (χ4n) is 2.79. The Hall–Kier alpha value is -3.04. The number of carbonyl (C=O) groups is 2. The summed E-state index contributed by atoms with van der Waals surface area (Å²) in [5, 5.41) is 8.98. The lowest BCUT2D eigenvalue weighted by atomic mass is 10.1. The van der Waals surface area contributed by atoms with Crippen molar-refractivity contribution in [2.24, 2.45) is 0 Å². The summed E-state index contributed by atoms with van der Waals surface area (Å²) in [7, 11) is 0. The molecule has 1 heterocycles.